The molecule has 1 heterocycles. The predicted octanol–water partition coefficient (Wildman–Crippen LogP) is 1.25. The standard InChI is InChI=1S/C18H28N2O3/c1-14(12-21)10-19-18(23)17-4-2-15(3-5-17)11-20-8-6-16(13-22)7-9-20/h2-5,14,16,21-22H,6-13H2,1H3,(H,19,23). The lowest BCUT2D eigenvalue weighted by Crippen LogP contribution is -2.34. The van der Waals surface area contributed by atoms with Gasteiger partial charge in [-0.05, 0) is 55.5 Å². The molecule has 1 aromatic carbocycles. The first-order chi connectivity index (χ1) is 11.1. The minimum absolute atomic E-state index is 0.0695. The maximum atomic E-state index is 12.0. The Morgan fingerprint density at radius 2 is 1.91 bits per heavy atom. The van der Waals surface area contributed by atoms with Gasteiger partial charge in [-0.15, -0.1) is 0 Å². The first-order valence-electron chi connectivity index (χ1n) is 8.43. The van der Waals surface area contributed by atoms with Crippen molar-refractivity contribution in [1.29, 1.82) is 0 Å². The number of nitrogens with one attached hydrogen (secondary N) is 1. The fourth-order valence-corrected chi connectivity index (χ4v) is 2.78. The summed E-state index contributed by atoms with van der Waals surface area (Å²) in [6.07, 6.45) is 2.11. The Kier molecular flexibility index (Phi) is 7.02. The van der Waals surface area contributed by atoms with Crippen molar-refractivity contribution in [2.75, 3.05) is 32.8 Å². The summed E-state index contributed by atoms with van der Waals surface area (Å²) >= 11 is 0. The molecule has 1 fully saturated rings. The Morgan fingerprint density at radius 1 is 1.26 bits per heavy atom. The molecule has 1 aliphatic rings. The first kappa shape index (κ1) is 17.9. The Morgan fingerprint density at radius 3 is 2.48 bits per heavy atom. The molecule has 23 heavy (non-hydrogen) atoms. The number of hydrogen-bond donors (Lipinski definition) is 3. The summed E-state index contributed by atoms with van der Waals surface area (Å²) in [6.45, 7) is 5.68. The molecule has 0 bridgehead atoms. The number of rotatable bonds is 7. The Labute approximate surface area is 138 Å². The van der Waals surface area contributed by atoms with Gasteiger partial charge in [0.2, 0.25) is 0 Å². The highest BCUT2D eigenvalue weighted by Gasteiger charge is 2.18. The molecule has 0 aromatic heterocycles. The maximum Gasteiger partial charge on any atom is 0.251 e. The number of carbonyl (C=O) groups excluding carboxylic acids is 1. The van der Waals surface area contributed by atoms with Crippen molar-refractivity contribution in [3.05, 3.63) is 35.4 Å². The summed E-state index contributed by atoms with van der Waals surface area (Å²) in [5.41, 5.74) is 1.85. The van der Waals surface area contributed by atoms with Gasteiger partial charge in [-0.1, -0.05) is 19.1 Å². The molecule has 1 amide bonds. The molecule has 128 valence electrons. The molecule has 0 spiro atoms. The number of likely N-dealkylation sites (tertiary alicyclic amines) is 1. The van der Waals surface area contributed by atoms with Gasteiger partial charge in [-0.3, -0.25) is 9.69 Å². The molecule has 1 saturated heterocycles. The summed E-state index contributed by atoms with van der Waals surface area (Å²) in [6, 6.07) is 7.72. The molecule has 1 unspecified atom stereocenters. The zero-order chi connectivity index (χ0) is 16.7. The number of hydrogen-bond acceptors (Lipinski definition) is 4. The monoisotopic (exact) mass is 320 g/mol. The highest BCUT2D eigenvalue weighted by molar-refractivity contribution is 5.94. The summed E-state index contributed by atoms with van der Waals surface area (Å²) in [5.74, 6) is 0.430. The summed E-state index contributed by atoms with van der Waals surface area (Å²) in [5, 5.41) is 21.0. The fraction of sp³-hybridized carbons (Fsp3) is 0.611. The number of nitrogens with zero attached hydrogens (tertiary/aromatic N) is 1. The van der Waals surface area contributed by atoms with Crippen LogP contribution in [0.1, 0.15) is 35.7 Å². The van der Waals surface area contributed by atoms with E-state index in [2.05, 4.69) is 10.2 Å². The highest BCUT2D eigenvalue weighted by atomic mass is 16.3. The molecule has 0 aliphatic carbocycles. The van der Waals surface area contributed by atoms with Crippen LogP contribution in [0.3, 0.4) is 0 Å². The Hall–Kier alpha value is -1.43. The third kappa shape index (κ3) is 5.61. The second kappa shape index (κ2) is 9.01. The largest absolute Gasteiger partial charge is 0.396 e. The van der Waals surface area contributed by atoms with E-state index in [-0.39, 0.29) is 18.4 Å². The molecule has 1 atom stereocenters. The van der Waals surface area contributed by atoms with Crippen LogP contribution in [0.15, 0.2) is 24.3 Å². The molecule has 0 saturated carbocycles. The van der Waals surface area contributed by atoms with Crippen LogP contribution in [0.2, 0.25) is 0 Å². The van der Waals surface area contributed by atoms with Gasteiger partial charge in [0.1, 0.15) is 0 Å². The minimum atomic E-state index is -0.0967. The SMILES string of the molecule is CC(CO)CNC(=O)c1ccc(CN2CCC(CO)CC2)cc1. The third-order valence-electron chi connectivity index (χ3n) is 4.51. The number of aliphatic hydroxyl groups is 2. The smallest absolute Gasteiger partial charge is 0.251 e. The van der Waals surface area contributed by atoms with Gasteiger partial charge in [0.15, 0.2) is 0 Å². The van der Waals surface area contributed by atoms with Crippen LogP contribution >= 0.6 is 0 Å². The minimum Gasteiger partial charge on any atom is -0.396 e. The Bertz CT molecular complexity index is 482. The summed E-state index contributed by atoms with van der Waals surface area (Å²) in [4.78, 5) is 14.4. The third-order valence-corrected chi connectivity index (χ3v) is 4.51. The maximum absolute atomic E-state index is 12.0. The quantitative estimate of drug-likeness (QED) is 0.707. The van der Waals surface area contributed by atoms with Crippen LogP contribution in [0, 0.1) is 11.8 Å². The zero-order valence-corrected chi connectivity index (χ0v) is 13.9. The molecule has 3 N–H and O–H groups in total. The van der Waals surface area contributed by atoms with E-state index in [1.165, 1.54) is 5.56 Å². The van der Waals surface area contributed by atoms with Crippen molar-refractivity contribution in [3.63, 3.8) is 0 Å². The number of benzene rings is 1. The number of aliphatic hydroxyl groups excluding tert-OH is 2. The normalized spacial score (nSPS) is 17.9. The van der Waals surface area contributed by atoms with Gasteiger partial charge in [0, 0.05) is 31.9 Å². The summed E-state index contributed by atoms with van der Waals surface area (Å²) < 4.78 is 0. The molecule has 5 heteroatoms. The molecule has 5 nitrogen and oxygen atoms in total. The molecule has 0 radical (unpaired) electrons. The van der Waals surface area contributed by atoms with Crippen molar-refractivity contribution < 1.29 is 15.0 Å². The van der Waals surface area contributed by atoms with Crippen LogP contribution < -0.4 is 5.32 Å². The van der Waals surface area contributed by atoms with Crippen LogP contribution in [-0.4, -0.2) is 53.9 Å². The van der Waals surface area contributed by atoms with Crippen LogP contribution in [0.25, 0.3) is 0 Å². The Balaban J connectivity index is 1.81. The van der Waals surface area contributed by atoms with E-state index in [1.807, 2.05) is 31.2 Å². The van der Waals surface area contributed by atoms with Gasteiger partial charge in [-0.2, -0.15) is 0 Å². The lowest BCUT2D eigenvalue weighted by Gasteiger charge is -2.31. The number of amides is 1. The molecule has 2 rings (SSSR count). The van der Waals surface area contributed by atoms with Gasteiger partial charge in [0.05, 0.1) is 0 Å². The van der Waals surface area contributed by atoms with E-state index in [0.29, 0.717) is 24.6 Å². The fourth-order valence-electron chi connectivity index (χ4n) is 2.78. The van der Waals surface area contributed by atoms with Crippen molar-refractivity contribution >= 4 is 5.91 Å². The molecular weight excluding hydrogens is 292 g/mol. The van der Waals surface area contributed by atoms with Crippen molar-refractivity contribution in [2.24, 2.45) is 11.8 Å². The van der Waals surface area contributed by atoms with Crippen LogP contribution in [0.5, 0.6) is 0 Å². The molecule has 1 aliphatic heterocycles. The van der Waals surface area contributed by atoms with E-state index in [4.69, 9.17) is 5.11 Å². The molecular formula is C18H28N2O3. The molecule has 1 aromatic rings. The van der Waals surface area contributed by atoms with E-state index < -0.39 is 0 Å². The zero-order valence-electron chi connectivity index (χ0n) is 13.9. The van der Waals surface area contributed by atoms with Gasteiger partial charge in [0.25, 0.3) is 5.91 Å². The number of piperidine rings is 1. The summed E-state index contributed by atoms with van der Waals surface area (Å²) in [7, 11) is 0. The topological polar surface area (TPSA) is 72.8 Å². The van der Waals surface area contributed by atoms with E-state index in [0.717, 1.165) is 32.5 Å². The van der Waals surface area contributed by atoms with Crippen LogP contribution in [0.4, 0.5) is 0 Å². The lowest BCUT2D eigenvalue weighted by molar-refractivity contribution is 0.0942. The second-order valence-electron chi connectivity index (χ2n) is 6.60. The van der Waals surface area contributed by atoms with Crippen molar-refractivity contribution in [1.82, 2.24) is 10.2 Å². The number of carbonyl (C=O) groups is 1. The van der Waals surface area contributed by atoms with Crippen LogP contribution in [-0.2, 0) is 6.54 Å². The van der Waals surface area contributed by atoms with E-state index in [9.17, 15) is 9.90 Å². The van der Waals surface area contributed by atoms with E-state index >= 15 is 0 Å². The highest BCUT2D eigenvalue weighted by Crippen LogP contribution is 2.18. The van der Waals surface area contributed by atoms with E-state index in [1.54, 1.807) is 0 Å². The van der Waals surface area contributed by atoms with Gasteiger partial charge >= 0.3 is 0 Å². The average Bonchev–Trinajstić information content (AvgIpc) is 2.60. The second-order valence-corrected chi connectivity index (χ2v) is 6.60. The van der Waals surface area contributed by atoms with Gasteiger partial charge in [-0.25, -0.2) is 0 Å². The van der Waals surface area contributed by atoms with Gasteiger partial charge < -0.3 is 15.5 Å². The lowest BCUT2D eigenvalue weighted by atomic mass is 9.97. The first-order valence-corrected chi connectivity index (χ1v) is 8.43. The average molecular weight is 320 g/mol. The predicted molar refractivity (Wildman–Crippen MR) is 90.1 cm³/mol. The van der Waals surface area contributed by atoms with Crippen molar-refractivity contribution in [3.8, 4) is 0 Å². The van der Waals surface area contributed by atoms with Crippen molar-refractivity contribution in [2.45, 2.75) is 26.3 Å².